The second kappa shape index (κ2) is 11.2. The fraction of sp³-hybridized carbons (Fsp3) is 0.393. The SMILES string of the molecule is CCCC[C@H](NC(=O)C1CC=CC(NC(=O)OCC2c3ccccc3-c3ccccc32)C1)C(=O)O. The van der Waals surface area contributed by atoms with Gasteiger partial charge in [-0.15, -0.1) is 0 Å². The summed E-state index contributed by atoms with van der Waals surface area (Å²) >= 11 is 0. The molecule has 0 spiro atoms. The molecule has 0 aliphatic heterocycles. The number of fused-ring (bicyclic) bond motifs is 3. The second-order valence-electron chi connectivity index (χ2n) is 9.21. The predicted molar refractivity (Wildman–Crippen MR) is 133 cm³/mol. The monoisotopic (exact) mass is 476 g/mol. The van der Waals surface area contributed by atoms with Crippen LogP contribution < -0.4 is 10.6 Å². The molecule has 2 aromatic carbocycles. The minimum Gasteiger partial charge on any atom is -0.480 e. The lowest BCUT2D eigenvalue weighted by atomic mass is 9.90. The van der Waals surface area contributed by atoms with Gasteiger partial charge in [-0.05, 0) is 41.5 Å². The summed E-state index contributed by atoms with van der Waals surface area (Å²) in [5.41, 5.74) is 4.62. The van der Waals surface area contributed by atoms with Crippen molar-refractivity contribution in [3.05, 3.63) is 71.8 Å². The molecule has 0 aromatic heterocycles. The van der Waals surface area contributed by atoms with E-state index < -0.39 is 24.0 Å². The standard InChI is InChI=1S/C28H32N2O5/c1-2-3-15-25(27(32)33)30-26(31)18-9-8-10-19(16-18)29-28(34)35-17-24-22-13-6-4-11-20(22)21-12-5-7-14-23(21)24/h4-8,10-14,18-19,24-25H,2-3,9,15-17H2,1H3,(H,29,34)(H,30,31)(H,32,33)/t18?,19?,25-/m0/s1. The average molecular weight is 477 g/mol. The van der Waals surface area contributed by atoms with Gasteiger partial charge in [0.15, 0.2) is 0 Å². The Morgan fingerprint density at radius 2 is 1.71 bits per heavy atom. The number of unbranched alkanes of at least 4 members (excludes halogenated alkanes) is 1. The van der Waals surface area contributed by atoms with Gasteiger partial charge in [-0.2, -0.15) is 0 Å². The summed E-state index contributed by atoms with van der Waals surface area (Å²) in [7, 11) is 0. The van der Waals surface area contributed by atoms with Crippen molar-refractivity contribution in [1.29, 1.82) is 0 Å². The molecule has 2 aliphatic carbocycles. The number of rotatable bonds is 9. The summed E-state index contributed by atoms with van der Waals surface area (Å²) in [6.45, 7) is 2.20. The minimum absolute atomic E-state index is 0.0235. The van der Waals surface area contributed by atoms with Crippen molar-refractivity contribution in [2.24, 2.45) is 5.92 Å². The molecular weight excluding hydrogens is 444 g/mol. The van der Waals surface area contributed by atoms with Crippen molar-refractivity contribution in [3.8, 4) is 11.1 Å². The van der Waals surface area contributed by atoms with E-state index in [0.29, 0.717) is 19.3 Å². The number of benzene rings is 2. The number of alkyl carbamates (subject to hydrolysis) is 1. The first-order valence-electron chi connectivity index (χ1n) is 12.3. The molecule has 2 amide bonds. The Labute approximate surface area is 205 Å². The fourth-order valence-electron chi connectivity index (χ4n) is 4.96. The van der Waals surface area contributed by atoms with Crippen LogP contribution in [0.5, 0.6) is 0 Å². The lowest BCUT2D eigenvalue weighted by Gasteiger charge is -2.26. The van der Waals surface area contributed by atoms with Crippen LogP contribution in [0.4, 0.5) is 4.79 Å². The van der Waals surface area contributed by atoms with Gasteiger partial charge in [0.05, 0.1) is 6.04 Å². The maximum Gasteiger partial charge on any atom is 0.407 e. The van der Waals surface area contributed by atoms with Crippen molar-refractivity contribution in [2.75, 3.05) is 6.61 Å². The summed E-state index contributed by atoms with van der Waals surface area (Å²) in [4.78, 5) is 36.8. The largest absolute Gasteiger partial charge is 0.480 e. The number of aliphatic carboxylic acids is 1. The molecule has 2 aliphatic rings. The average Bonchev–Trinajstić information content (AvgIpc) is 3.19. The van der Waals surface area contributed by atoms with E-state index in [9.17, 15) is 19.5 Å². The maximum atomic E-state index is 12.7. The van der Waals surface area contributed by atoms with Crippen LogP contribution >= 0.6 is 0 Å². The Kier molecular flexibility index (Phi) is 7.85. The molecule has 4 rings (SSSR count). The first-order chi connectivity index (χ1) is 17.0. The van der Waals surface area contributed by atoms with Crippen LogP contribution in [0, 0.1) is 5.92 Å². The molecule has 2 aromatic rings. The number of hydrogen-bond donors (Lipinski definition) is 3. The quantitative estimate of drug-likeness (QED) is 0.458. The number of allylic oxidation sites excluding steroid dienone is 1. The molecule has 3 atom stereocenters. The van der Waals surface area contributed by atoms with Crippen molar-refractivity contribution in [3.63, 3.8) is 0 Å². The third-order valence-electron chi connectivity index (χ3n) is 6.81. The molecule has 0 radical (unpaired) electrons. The van der Waals surface area contributed by atoms with Gasteiger partial charge in [-0.25, -0.2) is 9.59 Å². The zero-order valence-electron chi connectivity index (χ0n) is 19.9. The molecule has 3 N–H and O–H groups in total. The Morgan fingerprint density at radius 1 is 1.06 bits per heavy atom. The Bertz CT molecular complexity index is 1070. The zero-order chi connectivity index (χ0) is 24.8. The molecule has 0 saturated heterocycles. The van der Waals surface area contributed by atoms with Crippen LogP contribution in [-0.2, 0) is 14.3 Å². The Morgan fingerprint density at radius 3 is 2.34 bits per heavy atom. The highest BCUT2D eigenvalue weighted by Gasteiger charge is 2.31. The number of hydrogen-bond acceptors (Lipinski definition) is 4. The lowest BCUT2D eigenvalue weighted by molar-refractivity contribution is -0.142. The van der Waals surface area contributed by atoms with E-state index >= 15 is 0 Å². The van der Waals surface area contributed by atoms with E-state index in [1.807, 2.05) is 43.3 Å². The summed E-state index contributed by atoms with van der Waals surface area (Å²) in [5, 5.41) is 14.9. The molecule has 7 nitrogen and oxygen atoms in total. The van der Waals surface area contributed by atoms with Crippen molar-refractivity contribution >= 4 is 18.0 Å². The smallest absolute Gasteiger partial charge is 0.407 e. The van der Waals surface area contributed by atoms with Gasteiger partial charge in [-0.3, -0.25) is 4.79 Å². The normalized spacial score (nSPS) is 19.3. The Balaban J connectivity index is 1.31. The highest BCUT2D eigenvalue weighted by atomic mass is 16.5. The van der Waals surface area contributed by atoms with E-state index in [-0.39, 0.29) is 24.5 Å². The molecule has 35 heavy (non-hydrogen) atoms. The van der Waals surface area contributed by atoms with E-state index in [1.165, 1.54) is 11.1 Å². The van der Waals surface area contributed by atoms with Crippen molar-refractivity contribution < 1.29 is 24.2 Å². The van der Waals surface area contributed by atoms with Crippen LogP contribution in [0.2, 0.25) is 0 Å². The third-order valence-corrected chi connectivity index (χ3v) is 6.81. The molecule has 0 heterocycles. The van der Waals surface area contributed by atoms with Gasteiger partial charge in [0.25, 0.3) is 0 Å². The highest BCUT2D eigenvalue weighted by molar-refractivity contribution is 5.85. The minimum atomic E-state index is -1.02. The number of amides is 2. The van der Waals surface area contributed by atoms with E-state index in [1.54, 1.807) is 0 Å². The number of nitrogens with one attached hydrogen (secondary N) is 2. The number of carbonyl (C=O) groups excluding carboxylic acids is 2. The molecule has 2 unspecified atom stereocenters. The number of carboxylic acids is 1. The topological polar surface area (TPSA) is 105 Å². The van der Waals surface area contributed by atoms with Crippen molar-refractivity contribution in [1.82, 2.24) is 10.6 Å². The van der Waals surface area contributed by atoms with Gasteiger partial charge in [0.2, 0.25) is 5.91 Å². The van der Waals surface area contributed by atoms with Crippen LogP contribution in [0.3, 0.4) is 0 Å². The zero-order valence-corrected chi connectivity index (χ0v) is 19.9. The van der Waals surface area contributed by atoms with E-state index in [0.717, 1.165) is 24.0 Å². The van der Waals surface area contributed by atoms with Gasteiger partial charge < -0.3 is 20.5 Å². The summed E-state index contributed by atoms with van der Waals surface area (Å²) < 4.78 is 5.62. The molecule has 0 saturated carbocycles. The Hall–Kier alpha value is -3.61. The fourth-order valence-corrected chi connectivity index (χ4v) is 4.96. The van der Waals surface area contributed by atoms with Crippen LogP contribution in [0.15, 0.2) is 60.7 Å². The van der Waals surface area contributed by atoms with Crippen LogP contribution in [0.1, 0.15) is 56.1 Å². The molecular formula is C28H32N2O5. The molecule has 0 bridgehead atoms. The first kappa shape index (κ1) is 24.5. The molecule has 184 valence electrons. The highest BCUT2D eigenvalue weighted by Crippen LogP contribution is 2.44. The van der Waals surface area contributed by atoms with Gasteiger partial charge in [0.1, 0.15) is 12.6 Å². The third kappa shape index (κ3) is 5.73. The van der Waals surface area contributed by atoms with E-state index in [4.69, 9.17) is 4.74 Å². The second-order valence-corrected chi connectivity index (χ2v) is 9.21. The van der Waals surface area contributed by atoms with Gasteiger partial charge in [-0.1, -0.05) is 80.4 Å². The molecule has 0 fully saturated rings. The predicted octanol–water partition coefficient (Wildman–Crippen LogP) is 4.62. The number of carbonyl (C=O) groups is 3. The summed E-state index contributed by atoms with van der Waals surface area (Å²) in [6, 6.07) is 15.1. The van der Waals surface area contributed by atoms with E-state index in [2.05, 4.69) is 34.9 Å². The number of carboxylic acid groups (broad SMARTS) is 1. The van der Waals surface area contributed by atoms with Gasteiger partial charge >= 0.3 is 12.1 Å². The summed E-state index contributed by atoms with van der Waals surface area (Å²) in [5.74, 6) is -1.74. The maximum absolute atomic E-state index is 12.7. The van der Waals surface area contributed by atoms with Gasteiger partial charge in [0, 0.05) is 11.8 Å². The lowest BCUT2D eigenvalue weighted by Crippen LogP contribution is -2.46. The molecule has 7 heteroatoms. The number of ether oxygens (including phenoxy) is 1. The van der Waals surface area contributed by atoms with Crippen LogP contribution in [0.25, 0.3) is 11.1 Å². The first-order valence-corrected chi connectivity index (χ1v) is 12.3. The van der Waals surface area contributed by atoms with Crippen LogP contribution in [-0.4, -0.2) is 41.8 Å². The van der Waals surface area contributed by atoms with Crippen molar-refractivity contribution in [2.45, 2.75) is 57.0 Å². The summed E-state index contributed by atoms with van der Waals surface area (Å²) in [6.07, 6.45) is 6.07.